The molecule has 8 heteroatoms. The van der Waals surface area contributed by atoms with Crippen LogP contribution < -0.4 is 9.47 Å². The van der Waals surface area contributed by atoms with Crippen molar-refractivity contribution >= 4 is 23.8 Å². The molecule has 0 N–H and O–H groups in total. The van der Waals surface area contributed by atoms with E-state index in [2.05, 4.69) is 115 Å². The van der Waals surface area contributed by atoms with E-state index in [9.17, 15) is 9.59 Å². The number of fused-ring (bicyclic) bond motifs is 7. The predicted octanol–water partition coefficient (Wildman–Crippen LogP) is 9.81. The first-order valence-corrected chi connectivity index (χ1v) is 24.0. The molecular weight excluding hydrogens is 745 g/mol. The van der Waals surface area contributed by atoms with E-state index in [4.69, 9.17) is 9.47 Å². The summed E-state index contributed by atoms with van der Waals surface area (Å²) in [7, 11) is 8.25. The molecule has 5 aliphatic carbocycles. The number of pyridine rings is 1. The van der Waals surface area contributed by atoms with Crippen molar-refractivity contribution in [1.82, 2.24) is 4.90 Å². The second kappa shape index (κ2) is 16.5. The Labute approximate surface area is 364 Å². The van der Waals surface area contributed by atoms with Gasteiger partial charge in [0, 0.05) is 87.9 Å². The summed E-state index contributed by atoms with van der Waals surface area (Å²) in [5.41, 5.74) is 4.23. The minimum atomic E-state index is -0.328. The predicted molar refractivity (Wildman–Crippen MR) is 242 cm³/mol. The van der Waals surface area contributed by atoms with Crippen LogP contribution >= 0.6 is 0 Å². The van der Waals surface area contributed by atoms with Gasteiger partial charge in [-0.25, -0.2) is 14.2 Å². The summed E-state index contributed by atoms with van der Waals surface area (Å²) >= 11 is 0. The Bertz CT molecular complexity index is 1850. The third kappa shape index (κ3) is 7.27. The lowest BCUT2D eigenvalue weighted by Crippen LogP contribution is -2.67. The monoisotopic (exact) mass is 827 g/mol. The molecule has 0 spiro atoms. The number of carbonyl (C=O) groups is 2. The molecule has 2 heterocycles. The molecule has 1 aromatic rings. The van der Waals surface area contributed by atoms with Gasteiger partial charge >= 0.3 is 11.9 Å². The number of ether oxygens (including phenoxy) is 2. The molecule has 5 fully saturated rings. The normalized spacial score (nSPS) is 37.7. The van der Waals surface area contributed by atoms with Crippen molar-refractivity contribution in [1.29, 1.82) is 0 Å². The summed E-state index contributed by atoms with van der Waals surface area (Å²) in [5, 5.41) is 0. The van der Waals surface area contributed by atoms with Crippen LogP contribution in [0.25, 0.3) is 0 Å². The fourth-order valence-corrected chi connectivity index (χ4v) is 15.4. The van der Waals surface area contributed by atoms with Gasteiger partial charge in [0.05, 0.1) is 6.61 Å². The molecule has 332 valence electrons. The third-order valence-electron chi connectivity index (χ3n) is 19.0. The molecule has 5 saturated carbocycles. The van der Waals surface area contributed by atoms with Crippen LogP contribution in [0, 0.1) is 56.7 Å². The lowest BCUT2D eigenvalue weighted by atomic mass is 9.32. The van der Waals surface area contributed by atoms with Gasteiger partial charge in [0.25, 0.3) is 6.04 Å². The SMILES string of the molecule is C=C(C)[C@@H]1CC[C@]2(COC(=O)C(CC)[N+]3=CC=C(N(C)C)CC3)CC[C@]3(C)C(CCC4[C@@]5(C)CC[C@H](OC(=O)C(CC)[n+]6ccc(N(C)C)cc6)C(C)(C)C5CC[C@]43C)C12. The van der Waals surface area contributed by atoms with Crippen LogP contribution in [0.1, 0.15) is 145 Å². The van der Waals surface area contributed by atoms with Crippen LogP contribution in [-0.4, -0.2) is 81.1 Å². The largest absolute Gasteiger partial charge is 0.460 e. The van der Waals surface area contributed by atoms with Gasteiger partial charge in [0.1, 0.15) is 12.6 Å². The molecule has 0 radical (unpaired) electrons. The van der Waals surface area contributed by atoms with Crippen molar-refractivity contribution in [3.05, 3.63) is 48.5 Å². The standard InChI is InChI=1S/C52H82N4O4/c1-14-40(55-30-21-36(22-31-55)53(10)11)46(57)59-34-52-27-18-38(35(3)4)45(52)39-16-17-43-49(7)25-20-44(48(5,6)42(49)19-26-51(43,9)50(39,8)28-29-52)60-47(58)41(15-2)56-32-23-37(24-33-56)54(12)13/h21,23-24,30,32-33,38-45H,3,14-20,22,25-29,31,34H2,1-2,4-13H3/q+2/t38-,39?,40?,41?,42?,43?,44-,45?,49-,50+,51+,52+/m0/s1. The molecule has 8 nitrogen and oxygen atoms in total. The van der Waals surface area contributed by atoms with Gasteiger partial charge in [0.15, 0.2) is 18.6 Å². The van der Waals surface area contributed by atoms with Crippen LogP contribution in [0.2, 0.25) is 0 Å². The zero-order valence-electron chi connectivity index (χ0n) is 39.8. The maximum atomic E-state index is 14.0. The molecule has 7 rings (SSSR count). The van der Waals surface area contributed by atoms with E-state index in [1.807, 2.05) is 31.1 Å². The van der Waals surface area contributed by atoms with Gasteiger partial charge in [-0.15, -0.1) is 0 Å². The average molecular weight is 827 g/mol. The first-order chi connectivity index (χ1) is 28.3. The van der Waals surface area contributed by atoms with E-state index in [1.165, 1.54) is 43.4 Å². The maximum Gasteiger partial charge on any atom is 0.376 e. The van der Waals surface area contributed by atoms with Crippen LogP contribution in [0.3, 0.4) is 0 Å². The molecule has 0 saturated heterocycles. The van der Waals surface area contributed by atoms with Gasteiger partial charge < -0.3 is 19.3 Å². The molecule has 1 aromatic heterocycles. The van der Waals surface area contributed by atoms with Gasteiger partial charge in [0.2, 0.25) is 6.04 Å². The Morgan fingerprint density at radius 1 is 0.817 bits per heavy atom. The highest BCUT2D eigenvalue weighted by Crippen LogP contribution is 2.77. The average Bonchev–Trinajstić information content (AvgIpc) is 3.60. The third-order valence-corrected chi connectivity index (χ3v) is 19.0. The smallest absolute Gasteiger partial charge is 0.376 e. The summed E-state index contributed by atoms with van der Waals surface area (Å²) in [4.78, 5) is 32.3. The number of carbonyl (C=O) groups excluding carboxylic acids is 2. The van der Waals surface area contributed by atoms with Crippen molar-refractivity contribution < 1.29 is 28.2 Å². The van der Waals surface area contributed by atoms with Crippen molar-refractivity contribution in [2.45, 2.75) is 157 Å². The second-order valence-electron chi connectivity index (χ2n) is 22.4. The van der Waals surface area contributed by atoms with E-state index in [1.54, 1.807) is 0 Å². The van der Waals surface area contributed by atoms with Gasteiger partial charge in [-0.2, -0.15) is 4.57 Å². The summed E-state index contributed by atoms with van der Waals surface area (Å²) in [6.45, 7) is 25.3. The maximum absolute atomic E-state index is 14.0. The molecule has 12 atom stereocenters. The zero-order chi connectivity index (χ0) is 43.6. The van der Waals surface area contributed by atoms with E-state index in [0.29, 0.717) is 42.6 Å². The van der Waals surface area contributed by atoms with Crippen LogP contribution in [-0.2, 0) is 19.1 Å². The highest BCUT2D eigenvalue weighted by atomic mass is 16.5. The topological polar surface area (TPSA) is 66.0 Å². The van der Waals surface area contributed by atoms with Gasteiger partial charge in [-0.1, -0.05) is 60.6 Å². The number of esters is 2. The summed E-state index contributed by atoms with van der Waals surface area (Å²) < 4.78 is 17.4. The van der Waals surface area contributed by atoms with Crippen LogP contribution in [0.15, 0.2) is 48.5 Å². The summed E-state index contributed by atoms with van der Waals surface area (Å²) in [6.07, 6.45) is 22.2. The Balaban J connectivity index is 1.09. The van der Waals surface area contributed by atoms with Crippen molar-refractivity contribution in [3.63, 3.8) is 0 Å². The highest BCUT2D eigenvalue weighted by molar-refractivity contribution is 5.76. The minimum Gasteiger partial charge on any atom is -0.460 e. The summed E-state index contributed by atoms with van der Waals surface area (Å²) in [6, 6.07) is 3.57. The fraction of sp³-hybridized carbons (Fsp3) is 0.769. The Morgan fingerprint density at radius 3 is 2.12 bits per heavy atom. The Morgan fingerprint density at radius 2 is 1.52 bits per heavy atom. The zero-order valence-corrected chi connectivity index (χ0v) is 39.8. The highest BCUT2D eigenvalue weighted by Gasteiger charge is 2.71. The lowest BCUT2D eigenvalue weighted by molar-refractivity contribution is -0.711. The second-order valence-corrected chi connectivity index (χ2v) is 22.4. The van der Waals surface area contributed by atoms with Crippen molar-refractivity contribution in [2.75, 3.05) is 46.2 Å². The lowest BCUT2D eigenvalue weighted by Gasteiger charge is -2.73. The molecule has 60 heavy (non-hydrogen) atoms. The number of nitrogens with zero attached hydrogens (tertiary/aromatic N) is 4. The number of anilines is 1. The van der Waals surface area contributed by atoms with E-state index < -0.39 is 0 Å². The number of aromatic nitrogens is 1. The first-order valence-electron chi connectivity index (χ1n) is 24.0. The van der Waals surface area contributed by atoms with Gasteiger partial charge in [-0.3, -0.25) is 0 Å². The van der Waals surface area contributed by atoms with Crippen LogP contribution in [0.4, 0.5) is 5.69 Å². The van der Waals surface area contributed by atoms with Crippen molar-refractivity contribution in [2.24, 2.45) is 56.7 Å². The minimum absolute atomic E-state index is 0.0165. The fourth-order valence-electron chi connectivity index (χ4n) is 15.4. The first kappa shape index (κ1) is 44.9. The quantitative estimate of drug-likeness (QED) is 0.119. The number of hydrogen-bond donors (Lipinski definition) is 0. The molecule has 6 unspecified atom stereocenters. The molecule has 0 amide bonds. The Kier molecular flexibility index (Phi) is 12.4. The Hall–Kier alpha value is -3.16. The number of hydrogen-bond acceptors (Lipinski definition) is 6. The molecule has 0 bridgehead atoms. The van der Waals surface area contributed by atoms with Gasteiger partial charge in [-0.05, 0) is 117 Å². The molecule has 6 aliphatic rings. The molecular formula is C52H82N4O4+2. The molecule has 0 aromatic carbocycles. The molecule has 1 aliphatic heterocycles. The van der Waals surface area contributed by atoms with Crippen molar-refractivity contribution in [3.8, 4) is 0 Å². The number of allylic oxidation sites excluding steroid dienone is 2. The summed E-state index contributed by atoms with van der Waals surface area (Å²) in [5.74, 6) is 2.53. The number of rotatable bonds is 12. The van der Waals surface area contributed by atoms with E-state index in [0.717, 1.165) is 57.2 Å². The van der Waals surface area contributed by atoms with E-state index in [-0.39, 0.29) is 57.2 Å². The van der Waals surface area contributed by atoms with Crippen LogP contribution in [0.5, 0.6) is 0 Å². The van der Waals surface area contributed by atoms with E-state index >= 15 is 0 Å².